The second-order valence-corrected chi connectivity index (χ2v) is 7.19. The van der Waals surface area contributed by atoms with Crippen molar-refractivity contribution >= 4 is 16.8 Å². The summed E-state index contributed by atoms with van der Waals surface area (Å²) >= 11 is 0. The first-order valence-electron chi connectivity index (χ1n) is 9.26. The highest BCUT2D eigenvalue weighted by Crippen LogP contribution is 2.35. The normalized spacial score (nSPS) is 12.2. The second kappa shape index (κ2) is 8.25. The van der Waals surface area contributed by atoms with Gasteiger partial charge in [0.15, 0.2) is 11.5 Å². The first kappa shape index (κ1) is 19.6. The summed E-state index contributed by atoms with van der Waals surface area (Å²) in [6.45, 7) is 6.58. The van der Waals surface area contributed by atoms with Crippen molar-refractivity contribution in [3.63, 3.8) is 0 Å². The van der Waals surface area contributed by atoms with E-state index in [1.807, 2.05) is 36.4 Å². The fourth-order valence-electron chi connectivity index (χ4n) is 2.92. The van der Waals surface area contributed by atoms with Crippen LogP contribution in [-0.2, 0) is 4.79 Å². The molecule has 28 heavy (non-hydrogen) atoms. The van der Waals surface area contributed by atoms with Gasteiger partial charge in [-0.15, -0.1) is 0 Å². The number of carbonyl (C=O) groups is 1. The van der Waals surface area contributed by atoms with Crippen LogP contribution in [0.1, 0.15) is 32.3 Å². The first-order chi connectivity index (χ1) is 13.4. The van der Waals surface area contributed by atoms with Crippen molar-refractivity contribution in [3.05, 3.63) is 48.3 Å². The van der Waals surface area contributed by atoms with Crippen molar-refractivity contribution in [2.24, 2.45) is 11.7 Å². The van der Waals surface area contributed by atoms with E-state index in [-0.39, 0.29) is 11.8 Å². The maximum Gasteiger partial charge on any atom is 0.224 e. The Balaban J connectivity index is 2.03. The summed E-state index contributed by atoms with van der Waals surface area (Å²) in [5.41, 5.74) is 8.76. The third-order valence-corrected chi connectivity index (χ3v) is 4.60. The Bertz CT molecular complexity index is 984. The zero-order valence-electron chi connectivity index (χ0n) is 16.6. The van der Waals surface area contributed by atoms with Gasteiger partial charge in [-0.2, -0.15) is 0 Å². The number of ether oxygens (including phenoxy) is 2. The molecule has 2 aromatic carbocycles. The minimum atomic E-state index is -0.348. The number of nitrogens with two attached hydrogens (primary N) is 1. The van der Waals surface area contributed by atoms with Crippen LogP contribution in [0.25, 0.3) is 22.2 Å². The van der Waals surface area contributed by atoms with Crippen LogP contribution in [0.2, 0.25) is 0 Å². The molecular formula is C22H25N3O3. The Morgan fingerprint density at radius 1 is 1.07 bits per heavy atom. The van der Waals surface area contributed by atoms with Crippen LogP contribution in [0, 0.1) is 5.92 Å². The molecule has 6 heteroatoms. The number of benzene rings is 2. The summed E-state index contributed by atoms with van der Waals surface area (Å²) in [4.78, 5) is 20.3. The number of carbonyl (C=O) groups excluding carboxylic acids is 1. The largest absolute Gasteiger partial charge is 0.493 e. The van der Waals surface area contributed by atoms with Crippen LogP contribution >= 0.6 is 0 Å². The highest BCUT2D eigenvalue weighted by molar-refractivity contribution is 5.94. The van der Waals surface area contributed by atoms with Gasteiger partial charge in [0, 0.05) is 17.0 Å². The van der Waals surface area contributed by atoms with Crippen LogP contribution in [0.5, 0.6) is 11.5 Å². The molecule has 3 rings (SSSR count). The molecule has 146 valence electrons. The predicted molar refractivity (Wildman–Crippen MR) is 109 cm³/mol. The number of nitrogens with zero attached hydrogens (tertiary/aromatic N) is 2. The molecule has 3 aromatic rings. The summed E-state index contributed by atoms with van der Waals surface area (Å²) in [6, 6.07) is 11.5. The van der Waals surface area contributed by atoms with Crippen molar-refractivity contribution in [3.8, 4) is 22.8 Å². The SMILES string of the molecule is COc1cc2c(-c3ccc(C(C)C(N)=O)cc3)ncnc2cc1OCC(C)C. The molecule has 0 aliphatic carbocycles. The predicted octanol–water partition coefficient (Wildman–Crippen LogP) is 3.93. The molecule has 0 spiro atoms. The molecular weight excluding hydrogens is 354 g/mol. The van der Waals surface area contributed by atoms with E-state index in [0.717, 1.165) is 27.7 Å². The van der Waals surface area contributed by atoms with Gasteiger partial charge in [0.1, 0.15) is 6.33 Å². The quantitative estimate of drug-likeness (QED) is 0.672. The van der Waals surface area contributed by atoms with E-state index in [9.17, 15) is 4.79 Å². The van der Waals surface area contributed by atoms with Crippen LogP contribution in [0.3, 0.4) is 0 Å². The molecule has 0 saturated carbocycles. The highest BCUT2D eigenvalue weighted by Gasteiger charge is 2.15. The number of amides is 1. The lowest BCUT2D eigenvalue weighted by molar-refractivity contribution is -0.119. The Morgan fingerprint density at radius 3 is 2.39 bits per heavy atom. The average molecular weight is 379 g/mol. The van der Waals surface area contributed by atoms with E-state index in [1.54, 1.807) is 14.0 Å². The Hall–Kier alpha value is -3.15. The van der Waals surface area contributed by atoms with Gasteiger partial charge >= 0.3 is 0 Å². The van der Waals surface area contributed by atoms with Crippen LogP contribution in [0.15, 0.2) is 42.7 Å². The molecule has 0 fully saturated rings. The average Bonchev–Trinajstić information content (AvgIpc) is 2.70. The fourth-order valence-corrected chi connectivity index (χ4v) is 2.92. The van der Waals surface area contributed by atoms with Crippen molar-refractivity contribution in [2.45, 2.75) is 26.7 Å². The first-order valence-corrected chi connectivity index (χ1v) is 9.26. The lowest BCUT2D eigenvalue weighted by Crippen LogP contribution is -2.18. The Kier molecular flexibility index (Phi) is 5.78. The summed E-state index contributed by atoms with van der Waals surface area (Å²) in [6.07, 6.45) is 1.54. The van der Waals surface area contributed by atoms with Crippen LogP contribution < -0.4 is 15.2 Å². The maximum atomic E-state index is 11.4. The maximum absolute atomic E-state index is 11.4. The van der Waals surface area contributed by atoms with Gasteiger partial charge in [0.05, 0.1) is 30.8 Å². The topological polar surface area (TPSA) is 87.3 Å². The molecule has 0 aliphatic rings. The Labute approximate surface area is 164 Å². The van der Waals surface area contributed by atoms with E-state index < -0.39 is 0 Å². The third kappa shape index (κ3) is 4.06. The van der Waals surface area contributed by atoms with Crippen LogP contribution in [0.4, 0.5) is 0 Å². The fraction of sp³-hybridized carbons (Fsp3) is 0.318. The van der Waals surface area contributed by atoms with E-state index in [0.29, 0.717) is 24.0 Å². The minimum Gasteiger partial charge on any atom is -0.493 e. The van der Waals surface area contributed by atoms with Gasteiger partial charge in [-0.25, -0.2) is 9.97 Å². The molecule has 1 aromatic heterocycles. The van der Waals surface area contributed by atoms with Crippen molar-refractivity contribution in [1.82, 2.24) is 9.97 Å². The van der Waals surface area contributed by atoms with Gasteiger partial charge in [-0.05, 0) is 24.5 Å². The van der Waals surface area contributed by atoms with E-state index in [2.05, 4.69) is 23.8 Å². The zero-order chi connectivity index (χ0) is 20.3. The summed E-state index contributed by atoms with van der Waals surface area (Å²) in [7, 11) is 1.62. The highest BCUT2D eigenvalue weighted by atomic mass is 16.5. The molecule has 2 N–H and O–H groups in total. The van der Waals surface area contributed by atoms with Gasteiger partial charge in [-0.1, -0.05) is 38.1 Å². The van der Waals surface area contributed by atoms with Crippen molar-refractivity contribution < 1.29 is 14.3 Å². The van der Waals surface area contributed by atoms with Crippen LogP contribution in [-0.4, -0.2) is 29.6 Å². The Morgan fingerprint density at radius 2 is 1.79 bits per heavy atom. The molecule has 0 bridgehead atoms. The minimum absolute atomic E-state index is 0.336. The van der Waals surface area contributed by atoms with Crippen molar-refractivity contribution in [1.29, 1.82) is 0 Å². The molecule has 0 saturated heterocycles. The monoisotopic (exact) mass is 379 g/mol. The molecule has 1 unspecified atom stereocenters. The van der Waals surface area contributed by atoms with E-state index >= 15 is 0 Å². The van der Waals surface area contributed by atoms with Gasteiger partial charge in [-0.3, -0.25) is 4.79 Å². The smallest absolute Gasteiger partial charge is 0.224 e. The molecule has 6 nitrogen and oxygen atoms in total. The number of methoxy groups -OCH3 is 1. The van der Waals surface area contributed by atoms with Gasteiger partial charge < -0.3 is 15.2 Å². The molecule has 1 atom stereocenters. The second-order valence-electron chi connectivity index (χ2n) is 7.19. The number of aromatic nitrogens is 2. The van der Waals surface area contributed by atoms with E-state index in [4.69, 9.17) is 15.2 Å². The molecule has 1 heterocycles. The third-order valence-electron chi connectivity index (χ3n) is 4.60. The van der Waals surface area contributed by atoms with Crippen molar-refractivity contribution in [2.75, 3.05) is 13.7 Å². The number of rotatable bonds is 7. The number of hydrogen-bond donors (Lipinski definition) is 1. The lowest BCUT2D eigenvalue weighted by atomic mass is 9.97. The van der Waals surface area contributed by atoms with Gasteiger partial charge in [0.2, 0.25) is 5.91 Å². The summed E-state index contributed by atoms with van der Waals surface area (Å²) < 4.78 is 11.4. The standard InChI is InChI=1S/C22H25N3O3/c1-13(2)11-28-20-10-18-17(9-19(20)27-4)21(25-12-24-18)16-7-5-15(6-8-16)14(3)22(23)26/h5-10,12-14H,11H2,1-4H3,(H2,23,26). The van der Waals surface area contributed by atoms with E-state index in [1.165, 1.54) is 6.33 Å². The number of primary amides is 1. The number of fused-ring (bicyclic) bond motifs is 1. The zero-order valence-corrected chi connectivity index (χ0v) is 16.6. The molecule has 0 aliphatic heterocycles. The number of hydrogen-bond acceptors (Lipinski definition) is 5. The summed E-state index contributed by atoms with van der Waals surface area (Å²) in [5, 5.41) is 0.868. The molecule has 1 amide bonds. The lowest BCUT2D eigenvalue weighted by Gasteiger charge is -2.14. The van der Waals surface area contributed by atoms with Gasteiger partial charge in [0.25, 0.3) is 0 Å². The molecule has 0 radical (unpaired) electrons. The summed E-state index contributed by atoms with van der Waals surface area (Å²) in [5.74, 6) is 1.03.